The summed E-state index contributed by atoms with van der Waals surface area (Å²) in [5.74, 6) is -4.08. The second-order valence-electron chi connectivity index (χ2n) is 7.10. The first kappa shape index (κ1) is 19.4. The Morgan fingerprint density at radius 1 is 1.00 bits per heavy atom. The van der Waals surface area contributed by atoms with Crippen LogP contribution >= 0.6 is 0 Å². The van der Waals surface area contributed by atoms with Crippen molar-refractivity contribution in [3.05, 3.63) is 70.8 Å². The molecule has 0 bridgehead atoms. The highest BCUT2D eigenvalue weighted by atomic mass is 19.2. The maximum absolute atomic E-state index is 14.3. The van der Waals surface area contributed by atoms with Gasteiger partial charge in [-0.1, -0.05) is 12.1 Å². The summed E-state index contributed by atoms with van der Waals surface area (Å²) in [7, 11) is 0. The first-order chi connectivity index (χ1) is 12.7. The van der Waals surface area contributed by atoms with Crippen molar-refractivity contribution in [3.63, 3.8) is 0 Å². The van der Waals surface area contributed by atoms with Gasteiger partial charge in [-0.15, -0.1) is 0 Å². The van der Waals surface area contributed by atoms with E-state index in [2.05, 4.69) is 5.32 Å². The molecule has 1 saturated heterocycles. The molecule has 27 heavy (non-hydrogen) atoms. The predicted molar refractivity (Wildman–Crippen MR) is 90.7 cm³/mol. The third kappa shape index (κ3) is 4.30. The molecule has 1 aliphatic heterocycles. The number of carbonyl (C=O) groups is 1. The highest BCUT2D eigenvalue weighted by Crippen LogP contribution is 2.44. The topological polar surface area (TPSA) is 38.3 Å². The first-order valence-electron chi connectivity index (χ1n) is 8.51. The number of halogens is 4. The van der Waals surface area contributed by atoms with Crippen LogP contribution in [0.4, 0.5) is 17.6 Å². The van der Waals surface area contributed by atoms with Crippen molar-refractivity contribution in [1.82, 2.24) is 5.32 Å². The predicted octanol–water partition coefficient (Wildman–Crippen LogP) is 4.73. The molecule has 3 rings (SSSR count). The quantitative estimate of drug-likeness (QED) is 0.617. The van der Waals surface area contributed by atoms with Gasteiger partial charge in [-0.05, 0) is 30.7 Å². The fourth-order valence-electron chi connectivity index (χ4n) is 3.57. The van der Waals surface area contributed by atoms with Crippen molar-refractivity contribution in [2.75, 3.05) is 0 Å². The Morgan fingerprint density at radius 3 is 2.22 bits per heavy atom. The van der Waals surface area contributed by atoms with Crippen LogP contribution < -0.4 is 5.32 Å². The fraction of sp³-hybridized carbons (Fsp3) is 0.350. The molecule has 0 aromatic heterocycles. The van der Waals surface area contributed by atoms with Crippen LogP contribution in [-0.2, 0) is 9.53 Å². The lowest BCUT2D eigenvalue weighted by Crippen LogP contribution is -2.50. The average Bonchev–Trinajstić information content (AvgIpc) is 2.57. The Bertz CT molecular complexity index is 856. The molecule has 3 atom stereocenters. The Balaban J connectivity index is 1.99. The van der Waals surface area contributed by atoms with Crippen LogP contribution in [-0.4, -0.2) is 11.4 Å². The second-order valence-corrected chi connectivity index (χ2v) is 7.10. The molecule has 0 radical (unpaired) electrons. The van der Waals surface area contributed by atoms with Crippen LogP contribution in [0.15, 0.2) is 36.4 Å². The molecule has 2 aromatic carbocycles. The van der Waals surface area contributed by atoms with E-state index in [0.717, 1.165) is 6.07 Å². The molecule has 2 aromatic rings. The van der Waals surface area contributed by atoms with E-state index in [1.165, 1.54) is 31.2 Å². The van der Waals surface area contributed by atoms with Crippen molar-refractivity contribution in [3.8, 4) is 0 Å². The van der Waals surface area contributed by atoms with Crippen LogP contribution in [0.5, 0.6) is 0 Å². The summed E-state index contributed by atoms with van der Waals surface area (Å²) in [6.07, 6.45) is -0.971. The molecule has 1 N–H and O–H groups in total. The van der Waals surface area contributed by atoms with E-state index in [1.807, 2.05) is 0 Å². The molecule has 1 aliphatic rings. The van der Waals surface area contributed by atoms with E-state index >= 15 is 0 Å². The number of nitrogens with one attached hydrogen (secondary N) is 1. The van der Waals surface area contributed by atoms with Crippen LogP contribution in [0.2, 0.25) is 0 Å². The van der Waals surface area contributed by atoms with Crippen molar-refractivity contribution in [2.45, 2.75) is 44.4 Å². The van der Waals surface area contributed by atoms with Gasteiger partial charge in [-0.25, -0.2) is 17.6 Å². The highest BCUT2D eigenvalue weighted by molar-refractivity contribution is 5.73. The largest absolute Gasteiger partial charge is 0.365 e. The minimum atomic E-state index is -1.29. The molecule has 1 amide bonds. The van der Waals surface area contributed by atoms with Gasteiger partial charge in [0.2, 0.25) is 5.91 Å². The van der Waals surface area contributed by atoms with Gasteiger partial charge in [0.05, 0.1) is 12.2 Å². The van der Waals surface area contributed by atoms with Crippen molar-refractivity contribution >= 4 is 5.91 Å². The third-order valence-electron chi connectivity index (χ3n) is 4.71. The van der Waals surface area contributed by atoms with E-state index < -0.39 is 41.0 Å². The molecule has 1 fully saturated rings. The maximum Gasteiger partial charge on any atom is 0.217 e. The average molecular weight is 381 g/mol. The zero-order valence-corrected chi connectivity index (χ0v) is 14.9. The lowest BCUT2D eigenvalue weighted by Gasteiger charge is -2.43. The smallest absolute Gasteiger partial charge is 0.217 e. The fourth-order valence-corrected chi connectivity index (χ4v) is 3.57. The summed E-state index contributed by atoms with van der Waals surface area (Å²) in [6.45, 7) is 3.14. The molecule has 1 heterocycles. The normalized spacial score (nSPS) is 25.3. The zero-order valence-electron chi connectivity index (χ0n) is 14.9. The van der Waals surface area contributed by atoms with Gasteiger partial charge in [-0.2, -0.15) is 0 Å². The van der Waals surface area contributed by atoms with E-state index in [-0.39, 0.29) is 17.9 Å². The van der Waals surface area contributed by atoms with Crippen molar-refractivity contribution in [2.24, 2.45) is 0 Å². The Kier molecular flexibility index (Phi) is 5.24. The molecule has 144 valence electrons. The number of rotatable bonds is 3. The Hall–Kier alpha value is -2.41. The minimum Gasteiger partial charge on any atom is -0.365 e. The van der Waals surface area contributed by atoms with E-state index in [4.69, 9.17) is 4.74 Å². The number of carbonyl (C=O) groups excluding carboxylic acids is 1. The lowest BCUT2D eigenvalue weighted by atomic mass is 9.81. The van der Waals surface area contributed by atoms with E-state index in [1.54, 1.807) is 6.92 Å². The van der Waals surface area contributed by atoms with Gasteiger partial charge in [0.25, 0.3) is 0 Å². The summed E-state index contributed by atoms with van der Waals surface area (Å²) in [5.41, 5.74) is -0.261. The molecular formula is C20H19F4NO2. The molecule has 7 heteroatoms. The van der Waals surface area contributed by atoms with Crippen LogP contribution in [0.1, 0.15) is 50.0 Å². The molecule has 3 nitrogen and oxygen atoms in total. The summed E-state index contributed by atoms with van der Waals surface area (Å²) < 4.78 is 60.4. The zero-order chi connectivity index (χ0) is 19.8. The molecule has 0 aliphatic carbocycles. The molecule has 0 unspecified atom stereocenters. The van der Waals surface area contributed by atoms with E-state index in [9.17, 15) is 22.4 Å². The van der Waals surface area contributed by atoms with Gasteiger partial charge < -0.3 is 10.1 Å². The molecular weight excluding hydrogens is 362 g/mol. The van der Waals surface area contributed by atoms with Gasteiger partial charge in [0.15, 0.2) is 11.6 Å². The number of amides is 1. The van der Waals surface area contributed by atoms with Gasteiger partial charge in [-0.3, -0.25) is 4.79 Å². The van der Waals surface area contributed by atoms with Gasteiger partial charge >= 0.3 is 0 Å². The summed E-state index contributed by atoms with van der Waals surface area (Å²) in [6, 6.07) is 6.88. The van der Waals surface area contributed by atoms with Crippen molar-refractivity contribution in [1.29, 1.82) is 0 Å². The third-order valence-corrected chi connectivity index (χ3v) is 4.71. The van der Waals surface area contributed by atoms with Gasteiger partial charge in [0, 0.05) is 36.9 Å². The highest BCUT2D eigenvalue weighted by Gasteiger charge is 2.41. The van der Waals surface area contributed by atoms with Crippen LogP contribution in [0.3, 0.4) is 0 Å². The number of ether oxygens (including phenoxy) is 1. The Morgan fingerprint density at radius 2 is 1.59 bits per heavy atom. The second kappa shape index (κ2) is 7.31. The number of hydrogen-bond acceptors (Lipinski definition) is 2. The summed E-state index contributed by atoms with van der Waals surface area (Å²) in [4.78, 5) is 11.6. The van der Waals surface area contributed by atoms with Crippen LogP contribution in [0.25, 0.3) is 0 Å². The summed E-state index contributed by atoms with van der Waals surface area (Å²) in [5, 5.41) is 2.83. The number of hydrogen-bond donors (Lipinski definition) is 1. The van der Waals surface area contributed by atoms with Crippen molar-refractivity contribution < 1.29 is 27.1 Å². The number of benzene rings is 2. The van der Waals surface area contributed by atoms with Crippen LogP contribution in [0, 0.1) is 23.3 Å². The monoisotopic (exact) mass is 381 g/mol. The minimum absolute atomic E-state index is 0.128. The SMILES string of the molecule is CC(=O)N[C@@]1(C)C[C@@H](c2ccc(F)cc2)O[C@@H](c2cc(F)c(F)cc2F)C1. The maximum atomic E-state index is 14.3. The lowest BCUT2D eigenvalue weighted by molar-refractivity contribution is -0.126. The summed E-state index contributed by atoms with van der Waals surface area (Å²) >= 11 is 0. The Labute approximate surface area is 154 Å². The van der Waals surface area contributed by atoms with Gasteiger partial charge in [0.1, 0.15) is 11.6 Å². The first-order valence-corrected chi connectivity index (χ1v) is 8.51. The molecule has 0 spiro atoms. The molecule has 0 saturated carbocycles. The standard InChI is InChI=1S/C20H19F4NO2/c1-11(26)25-20(2)9-18(12-3-5-13(21)6-4-12)27-19(10-20)14-7-16(23)17(24)8-15(14)22/h3-8,18-19H,9-10H2,1-2H3,(H,25,26)/t18-,19+,20-/m0/s1. The van der Waals surface area contributed by atoms with E-state index in [0.29, 0.717) is 18.1 Å².